The van der Waals surface area contributed by atoms with Crippen molar-refractivity contribution in [2.24, 2.45) is 0 Å². The average molecular weight is 385 g/mol. The fraction of sp³-hybridized carbons (Fsp3) is 0.333. The second-order valence-corrected chi connectivity index (χ2v) is 7.48. The maximum absolute atomic E-state index is 12.6. The third kappa shape index (κ3) is 5.26. The number of hydrogen-bond acceptors (Lipinski definition) is 4. The van der Waals surface area contributed by atoms with E-state index in [1.165, 1.54) is 4.90 Å². The van der Waals surface area contributed by atoms with Gasteiger partial charge in [-0.15, -0.1) is 11.8 Å². The van der Waals surface area contributed by atoms with Crippen molar-refractivity contribution in [2.75, 3.05) is 39.0 Å². The summed E-state index contributed by atoms with van der Waals surface area (Å²) in [5, 5.41) is 0. The van der Waals surface area contributed by atoms with Crippen LogP contribution in [0.2, 0.25) is 0 Å². The van der Waals surface area contributed by atoms with E-state index in [1.54, 1.807) is 35.9 Å². The molecule has 0 N–H and O–H groups in total. The van der Waals surface area contributed by atoms with Gasteiger partial charge in [-0.2, -0.15) is 0 Å². The van der Waals surface area contributed by atoms with E-state index >= 15 is 0 Å². The van der Waals surface area contributed by atoms with Gasteiger partial charge in [-0.05, 0) is 30.3 Å². The van der Waals surface area contributed by atoms with Gasteiger partial charge in [0.1, 0.15) is 5.75 Å². The molecule has 0 radical (unpaired) electrons. The van der Waals surface area contributed by atoms with Gasteiger partial charge in [0.15, 0.2) is 0 Å². The van der Waals surface area contributed by atoms with E-state index in [-0.39, 0.29) is 11.8 Å². The Balaban J connectivity index is 1.45. The van der Waals surface area contributed by atoms with E-state index < -0.39 is 0 Å². The number of carbonyl (C=O) groups is 2. The molecule has 6 heteroatoms. The molecule has 3 rings (SSSR count). The highest BCUT2D eigenvalue weighted by Gasteiger charge is 2.24. The van der Waals surface area contributed by atoms with Crippen LogP contribution in [0, 0.1) is 0 Å². The van der Waals surface area contributed by atoms with Gasteiger partial charge in [-0.1, -0.05) is 24.3 Å². The van der Waals surface area contributed by atoms with Crippen LogP contribution in [0.4, 0.5) is 0 Å². The summed E-state index contributed by atoms with van der Waals surface area (Å²) in [7, 11) is 1.59. The smallest absolute Gasteiger partial charge is 0.254 e. The molecular formula is C21H24N2O3S. The molecule has 142 valence electrons. The molecule has 1 fully saturated rings. The van der Waals surface area contributed by atoms with Crippen LogP contribution in [-0.2, 0) is 4.79 Å². The van der Waals surface area contributed by atoms with Crippen molar-refractivity contribution in [3.8, 4) is 5.75 Å². The number of amides is 2. The Hall–Kier alpha value is -2.47. The number of benzene rings is 2. The van der Waals surface area contributed by atoms with Gasteiger partial charge in [-0.3, -0.25) is 9.59 Å². The lowest BCUT2D eigenvalue weighted by atomic mass is 10.1. The molecule has 0 aliphatic carbocycles. The lowest BCUT2D eigenvalue weighted by Gasteiger charge is -2.35. The van der Waals surface area contributed by atoms with Crippen LogP contribution in [0.5, 0.6) is 5.75 Å². The lowest BCUT2D eigenvalue weighted by Crippen LogP contribution is -2.50. The van der Waals surface area contributed by atoms with Gasteiger partial charge in [0, 0.05) is 48.8 Å². The molecule has 27 heavy (non-hydrogen) atoms. The number of rotatable bonds is 6. The van der Waals surface area contributed by atoms with E-state index in [0.717, 1.165) is 5.75 Å². The number of hydrogen-bond donors (Lipinski definition) is 0. The highest BCUT2D eigenvalue weighted by Crippen LogP contribution is 2.19. The van der Waals surface area contributed by atoms with Crippen molar-refractivity contribution >= 4 is 23.6 Å². The largest absolute Gasteiger partial charge is 0.497 e. The van der Waals surface area contributed by atoms with E-state index in [1.807, 2.05) is 35.2 Å². The summed E-state index contributed by atoms with van der Waals surface area (Å²) in [6, 6.07) is 17.3. The predicted octanol–water partition coefficient (Wildman–Crippen LogP) is 3.16. The molecule has 5 nitrogen and oxygen atoms in total. The fourth-order valence-corrected chi connectivity index (χ4v) is 3.89. The van der Waals surface area contributed by atoms with Crippen molar-refractivity contribution in [3.63, 3.8) is 0 Å². The number of thioether (sulfide) groups is 1. The van der Waals surface area contributed by atoms with Crippen molar-refractivity contribution in [2.45, 2.75) is 11.3 Å². The second-order valence-electron chi connectivity index (χ2n) is 6.32. The highest BCUT2D eigenvalue weighted by atomic mass is 32.2. The molecule has 0 unspecified atom stereocenters. The number of nitrogens with zero attached hydrogens (tertiary/aromatic N) is 2. The van der Waals surface area contributed by atoms with Crippen molar-refractivity contribution < 1.29 is 14.3 Å². The van der Waals surface area contributed by atoms with Crippen molar-refractivity contribution in [3.05, 3.63) is 60.2 Å². The number of methoxy groups -OCH3 is 1. The van der Waals surface area contributed by atoms with E-state index in [9.17, 15) is 9.59 Å². The number of carbonyl (C=O) groups excluding carboxylic acids is 2. The van der Waals surface area contributed by atoms with E-state index in [2.05, 4.69) is 12.1 Å². The SMILES string of the molecule is COc1cccc(C(=O)N2CCN(C(=O)CCSc3ccccc3)CC2)c1. The third-order valence-corrected chi connectivity index (χ3v) is 5.58. The Bertz CT molecular complexity index is 774. The van der Waals surface area contributed by atoms with Gasteiger partial charge >= 0.3 is 0 Å². The van der Waals surface area contributed by atoms with Crippen LogP contribution in [-0.4, -0.2) is 60.7 Å². The third-order valence-electron chi connectivity index (χ3n) is 4.56. The molecule has 1 aliphatic heterocycles. The number of ether oxygens (including phenoxy) is 1. The van der Waals surface area contributed by atoms with Crippen LogP contribution in [0.15, 0.2) is 59.5 Å². The zero-order chi connectivity index (χ0) is 19.1. The van der Waals surface area contributed by atoms with Crippen LogP contribution in [0.25, 0.3) is 0 Å². The van der Waals surface area contributed by atoms with Crippen molar-refractivity contribution in [1.82, 2.24) is 9.80 Å². The standard InChI is InChI=1S/C21H24N2O3S/c1-26-18-7-5-6-17(16-18)21(25)23-13-11-22(12-14-23)20(24)10-15-27-19-8-3-2-4-9-19/h2-9,16H,10-15H2,1H3. The molecule has 0 atom stereocenters. The lowest BCUT2D eigenvalue weighted by molar-refractivity contribution is -0.132. The van der Waals surface area contributed by atoms with E-state index in [4.69, 9.17) is 4.74 Å². The van der Waals surface area contributed by atoms with Crippen LogP contribution in [0.3, 0.4) is 0 Å². The van der Waals surface area contributed by atoms with Crippen molar-refractivity contribution in [1.29, 1.82) is 0 Å². The number of piperazine rings is 1. The highest BCUT2D eigenvalue weighted by molar-refractivity contribution is 7.99. The summed E-state index contributed by atoms with van der Waals surface area (Å²) >= 11 is 1.70. The normalized spacial score (nSPS) is 14.1. The molecule has 2 aromatic rings. The molecular weight excluding hydrogens is 360 g/mol. The molecule has 2 aromatic carbocycles. The Morgan fingerprint density at radius 2 is 1.67 bits per heavy atom. The quantitative estimate of drug-likeness (QED) is 0.718. The summed E-state index contributed by atoms with van der Waals surface area (Å²) in [6.07, 6.45) is 0.517. The molecule has 0 bridgehead atoms. The Morgan fingerprint density at radius 1 is 0.963 bits per heavy atom. The van der Waals surface area contributed by atoms with Gasteiger partial charge < -0.3 is 14.5 Å². The molecule has 1 saturated heterocycles. The summed E-state index contributed by atoms with van der Waals surface area (Å²) in [4.78, 5) is 29.9. The summed E-state index contributed by atoms with van der Waals surface area (Å²) in [6.45, 7) is 2.30. The molecule has 0 saturated carbocycles. The minimum absolute atomic E-state index is 0.0133. The monoisotopic (exact) mass is 384 g/mol. The van der Waals surface area contributed by atoms with Crippen LogP contribution < -0.4 is 4.74 Å². The summed E-state index contributed by atoms with van der Waals surface area (Å²) in [5.41, 5.74) is 0.619. The first-order valence-corrected chi connectivity index (χ1v) is 10.0. The first kappa shape index (κ1) is 19.3. The maximum atomic E-state index is 12.6. The molecule has 1 heterocycles. The van der Waals surface area contributed by atoms with Crippen LogP contribution in [0.1, 0.15) is 16.8 Å². The van der Waals surface area contributed by atoms with E-state index in [0.29, 0.717) is 43.9 Å². The first-order chi connectivity index (χ1) is 13.2. The first-order valence-electron chi connectivity index (χ1n) is 9.06. The zero-order valence-corrected chi connectivity index (χ0v) is 16.3. The zero-order valence-electron chi connectivity index (χ0n) is 15.5. The topological polar surface area (TPSA) is 49.9 Å². The maximum Gasteiger partial charge on any atom is 0.254 e. The predicted molar refractivity (Wildman–Crippen MR) is 107 cm³/mol. The molecule has 2 amide bonds. The Morgan fingerprint density at radius 3 is 2.37 bits per heavy atom. The Labute approximate surface area is 164 Å². The minimum Gasteiger partial charge on any atom is -0.497 e. The van der Waals surface area contributed by atoms with Gasteiger partial charge in [0.25, 0.3) is 5.91 Å². The summed E-state index contributed by atoms with van der Waals surface area (Å²) in [5.74, 6) is 1.59. The van der Waals surface area contributed by atoms with Gasteiger partial charge in [0.05, 0.1) is 7.11 Å². The second kappa shape index (κ2) is 9.46. The van der Waals surface area contributed by atoms with Gasteiger partial charge in [-0.25, -0.2) is 0 Å². The molecule has 0 spiro atoms. The summed E-state index contributed by atoms with van der Waals surface area (Å²) < 4.78 is 5.18. The Kier molecular flexibility index (Phi) is 6.76. The van der Waals surface area contributed by atoms with Crippen LogP contribution >= 0.6 is 11.8 Å². The fourth-order valence-electron chi connectivity index (χ4n) is 3.03. The average Bonchev–Trinajstić information content (AvgIpc) is 2.74. The van der Waals surface area contributed by atoms with Gasteiger partial charge in [0.2, 0.25) is 5.91 Å². The molecule has 0 aromatic heterocycles. The molecule has 1 aliphatic rings. The minimum atomic E-state index is -0.0133.